The summed E-state index contributed by atoms with van der Waals surface area (Å²) in [6.45, 7) is 0. The maximum atomic E-state index is 6.43. The molecule has 11 aromatic rings. The summed E-state index contributed by atoms with van der Waals surface area (Å²) < 4.78 is 18.9. The molecule has 11 rings (SSSR count). The lowest BCUT2D eigenvalue weighted by molar-refractivity contribution is 0.620. The molecule has 8 aromatic carbocycles. The van der Waals surface area contributed by atoms with E-state index >= 15 is 0 Å². The Hall–Kier alpha value is -7.11. The van der Waals surface area contributed by atoms with Crippen molar-refractivity contribution in [2.75, 3.05) is 4.90 Å². The molecule has 0 saturated heterocycles. The van der Waals surface area contributed by atoms with Crippen LogP contribution < -0.4 is 4.90 Å². The van der Waals surface area contributed by atoms with Gasteiger partial charge in [-0.15, -0.1) is 0 Å². The van der Waals surface area contributed by atoms with Gasteiger partial charge < -0.3 is 18.2 Å². The van der Waals surface area contributed by atoms with E-state index in [1.165, 1.54) is 16.3 Å². The van der Waals surface area contributed by atoms with Crippen LogP contribution in [0.4, 0.5) is 17.1 Å². The van der Waals surface area contributed by atoms with Crippen molar-refractivity contribution in [2.24, 2.45) is 0 Å². The van der Waals surface area contributed by atoms with Crippen LogP contribution in [-0.2, 0) is 0 Å². The molecule has 0 bridgehead atoms. The van der Waals surface area contributed by atoms with Gasteiger partial charge in [-0.1, -0.05) is 84.9 Å². The Labute approximate surface area is 297 Å². The molecule has 3 aromatic heterocycles. The molecule has 5 nitrogen and oxygen atoms in total. The monoisotopic (exact) mass is 668 g/mol. The topological polar surface area (TPSA) is 55.6 Å². The summed E-state index contributed by atoms with van der Waals surface area (Å²) in [5, 5.41) is 6.57. The Morgan fingerprint density at radius 1 is 0.385 bits per heavy atom. The molecule has 0 N–H and O–H groups in total. The van der Waals surface area contributed by atoms with E-state index in [-0.39, 0.29) is 0 Å². The van der Waals surface area contributed by atoms with Gasteiger partial charge in [0.25, 0.3) is 0 Å². The van der Waals surface area contributed by atoms with Crippen LogP contribution in [0, 0.1) is 0 Å². The normalized spacial score (nSPS) is 11.8. The third-order valence-electron chi connectivity index (χ3n) is 10.1. The second-order valence-electron chi connectivity index (χ2n) is 13.2. The van der Waals surface area contributed by atoms with E-state index < -0.39 is 0 Å². The molecule has 0 aliphatic heterocycles. The van der Waals surface area contributed by atoms with E-state index in [0.29, 0.717) is 5.89 Å². The molecule has 0 spiro atoms. The molecule has 0 fully saturated rings. The first-order valence-corrected chi connectivity index (χ1v) is 17.4. The summed E-state index contributed by atoms with van der Waals surface area (Å²) in [7, 11) is 0. The summed E-state index contributed by atoms with van der Waals surface area (Å²) in [6, 6.07) is 58.8. The van der Waals surface area contributed by atoms with Gasteiger partial charge >= 0.3 is 0 Å². The second-order valence-corrected chi connectivity index (χ2v) is 13.2. The molecule has 0 aliphatic carbocycles. The highest BCUT2D eigenvalue weighted by Gasteiger charge is 2.20. The zero-order valence-corrected chi connectivity index (χ0v) is 27.8. The zero-order chi connectivity index (χ0) is 34.2. The minimum Gasteiger partial charge on any atom is -0.456 e. The van der Waals surface area contributed by atoms with Crippen molar-refractivity contribution in [1.29, 1.82) is 0 Å². The fourth-order valence-electron chi connectivity index (χ4n) is 7.59. The van der Waals surface area contributed by atoms with E-state index in [2.05, 4.69) is 126 Å². The first kappa shape index (κ1) is 28.7. The molecular weight excluding hydrogens is 641 g/mol. The van der Waals surface area contributed by atoms with Crippen LogP contribution in [0.3, 0.4) is 0 Å². The average Bonchev–Trinajstić information content (AvgIpc) is 3.91. The predicted octanol–water partition coefficient (Wildman–Crippen LogP) is 13.6. The van der Waals surface area contributed by atoms with Gasteiger partial charge in [0.1, 0.15) is 27.8 Å². The van der Waals surface area contributed by atoms with Crippen LogP contribution in [0.5, 0.6) is 0 Å². The molecule has 5 heteroatoms. The highest BCUT2D eigenvalue weighted by Crippen LogP contribution is 2.43. The van der Waals surface area contributed by atoms with Crippen LogP contribution in [0.15, 0.2) is 183 Å². The van der Waals surface area contributed by atoms with E-state index in [1.54, 1.807) is 0 Å². The summed E-state index contributed by atoms with van der Waals surface area (Å²) in [5.41, 5.74) is 11.2. The number of rotatable bonds is 5. The number of nitrogens with zero attached hydrogens (tertiary/aromatic N) is 2. The fraction of sp³-hybridized carbons (Fsp3) is 0. The number of aromatic nitrogens is 1. The standard InChI is InChI=1S/C47H28N2O3/c1-2-9-31-26-32(17-16-29(31)8-1)30-18-20-33(21-19-30)49(34-22-24-42-38(27-34)36-10-3-5-13-41(36)50-42)35-23-25-43-39(28-35)46-37(11-7-15-45(46)51-43)47-48-40-12-4-6-14-44(40)52-47/h1-28H. The zero-order valence-electron chi connectivity index (χ0n) is 27.8. The minimum absolute atomic E-state index is 0.568. The lowest BCUT2D eigenvalue weighted by atomic mass is 10.0. The number of benzene rings is 8. The van der Waals surface area contributed by atoms with Gasteiger partial charge in [0.15, 0.2) is 5.58 Å². The van der Waals surface area contributed by atoms with Gasteiger partial charge in [0.2, 0.25) is 5.89 Å². The number of oxazole rings is 1. The van der Waals surface area contributed by atoms with E-state index in [1.807, 2.05) is 48.5 Å². The van der Waals surface area contributed by atoms with Crippen molar-refractivity contribution >= 4 is 82.8 Å². The lowest BCUT2D eigenvalue weighted by Crippen LogP contribution is -2.09. The van der Waals surface area contributed by atoms with Crippen LogP contribution >= 0.6 is 0 Å². The summed E-state index contributed by atoms with van der Waals surface area (Å²) in [4.78, 5) is 7.14. The second kappa shape index (κ2) is 11.2. The summed E-state index contributed by atoms with van der Waals surface area (Å²) in [5.74, 6) is 0.568. The molecule has 0 atom stereocenters. The van der Waals surface area contributed by atoms with E-state index in [9.17, 15) is 0 Å². The van der Waals surface area contributed by atoms with Crippen molar-refractivity contribution < 1.29 is 13.3 Å². The molecule has 3 heterocycles. The highest BCUT2D eigenvalue weighted by atomic mass is 16.4. The SMILES string of the molecule is c1ccc2cc(-c3ccc(N(c4ccc5oc6ccccc6c5c4)c4ccc5oc6cccc(-c7nc8ccccc8o7)c6c5c4)cc3)ccc2c1. The number of fused-ring (bicyclic) bond motifs is 8. The lowest BCUT2D eigenvalue weighted by Gasteiger charge is -2.26. The van der Waals surface area contributed by atoms with Gasteiger partial charge in [-0.05, 0) is 107 Å². The third-order valence-corrected chi connectivity index (χ3v) is 10.1. The first-order valence-electron chi connectivity index (χ1n) is 17.4. The van der Waals surface area contributed by atoms with Crippen molar-refractivity contribution in [3.8, 4) is 22.6 Å². The molecule has 52 heavy (non-hydrogen) atoms. The number of hydrogen-bond donors (Lipinski definition) is 0. The first-order chi connectivity index (χ1) is 25.7. The Balaban J connectivity index is 1.10. The molecule has 0 saturated carbocycles. The predicted molar refractivity (Wildman–Crippen MR) is 212 cm³/mol. The Morgan fingerprint density at radius 3 is 1.87 bits per heavy atom. The average molecular weight is 669 g/mol. The molecule has 0 radical (unpaired) electrons. The largest absolute Gasteiger partial charge is 0.456 e. The molecule has 0 aliphatic rings. The van der Waals surface area contributed by atoms with E-state index in [0.717, 1.165) is 83.2 Å². The molecule has 0 amide bonds. The van der Waals surface area contributed by atoms with Gasteiger partial charge in [-0.2, -0.15) is 0 Å². The van der Waals surface area contributed by atoms with Crippen molar-refractivity contribution in [1.82, 2.24) is 4.98 Å². The van der Waals surface area contributed by atoms with Crippen molar-refractivity contribution in [3.05, 3.63) is 170 Å². The van der Waals surface area contributed by atoms with Crippen molar-refractivity contribution in [2.45, 2.75) is 0 Å². The molecule has 0 unspecified atom stereocenters. The number of furan rings is 2. The third kappa shape index (κ3) is 4.53. The Kier molecular flexibility index (Phi) is 6.18. The van der Waals surface area contributed by atoms with Gasteiger partial charge in [0, 0.05) is 44.2 Å². The van der Waals surface area contributed by atoms with Gasteiger partial charge in [-0.25, -0.2) is 4.98 Å². The minimum atomic E-state index is 0.568. The highest BCUT2D eigenvalue weighted by molar-refractivity contribution is 6.13. The summed E-state index contributed by atoms with van der Waals surface area (Å²) in [6.07, 6.45) is 0. The molecule has 244 valence electrons. The number of para-hydroxylation sites is 3. The van der Waals surface area contributed by atoms with Crippen LogP contribution in [-0.4, -0.2) is 4.98 Å². The quantitative estimate of drug-likeness (QED) is 0.183. The van der Waals surface area contributed by atoms with Gasteiger partial charge in [0.05, 0.1) is 0 Å². The Morgan fingerprint density at radius 2 is 1.02 bits per heavy atom. The fourth-order valence-corrected chi connectivity index (χ4v) is 7.59. The van der Waals surface area contributed by atoms with Crippen LogP contribution in [0.25, 0.3) is 88.3 Å². The van der Waals surface area contributed by atoms with Crippen LogP contribution in [0.1, 0.15) is 0 Å². The molecular formula is C47H28N2O3. The number of hydrogen-bond acceptors (Lipinski definition) is 5. The van der Waals surface area contributed by atoms with Gasteiger partial charge in [-0.3, -0.25) is 0 Å². The van der Waals surface area contributed by atoms with E-state index in [4.69, 9.17) is 18.2 Å². The maximum absolute atomic E-state index is 6.43. The summed E-state index contributed by atoms with van der Waals surface area (Å²) >= 11 is 0. The number of anilines is 3. The maximum Gasteiger partial charge on any atom is 0.228 e. The Bertz CT molecular complexity index is 3110. The smallest absolute Gasteiger partial charge is 0.228 e. The van der Waals surface area contributed by atoms with Crippen molar-refractivity contribution in [3.63, 3.8) is 0 Å². The van der Waals surface area contributed by atoms with Crippen LogP contribution in [0.2, 0.25) is 0 Å².